The highest BCUT2D eigenvalue weighted by molar-refractivity contribution is 5.88. The lowest BCUT2D eigenvalue weighted by Crippen LogP contribution is -2.32. The van der Waals surface area contributed by atoms with E-state index in [1.54, 1.807) is 12.3 Å². The lowest BCUT2D eigenvalue weighted by atomic mass is 9.92. The van der Waals surface area contributed by atoms with Gasteiger partial charge in [0.05, 0.1) is 0 Å². The monoisotopic (exact) mass is 612 g/mol. The van der Waals surface area contributed by atoms with Crippen molar-refractivity contribution in [1.82, 2.24) is 5.32 Å². The fourth-order valence-corrected chi connectivity index (χ4v) is 4.40. The van der Waals surface area contributed by atoms with Crippen LogP contribution in [0, 0.1) is 5.92 Å². The maximum atomic E-state index is 12.7. The fraction of sp³-hybridized carbons (Fsp3) is 0.528. The first-order valence-corrected chi connectivity index (χ1v) is 15.8. The van der Waals surface area contributed by atoms with Crippen molar-refractivity contribution >= 4 is 18.0 Å². The smallest absolute Gasteiger partial charge is 0.404 e. The van der Waals surface area contributed by atoms with Gasteiger partial charge in [0.15, 0.2) is 0 Å². The number of allylic oxidation sites excluding steroid dienone is 8. The number of nitrogens with one attached hydrogen (secondary N) is 1. The van der Waals surface area contributed by atoms with Crippen LogP contribution in [0.1, 0.15) is 99.8 Å². The minimum Gasteiger partial charge on any atom is -0.458 e. The molecule has 1 heterocycles. The molecule has 2 amide bonds. The molecular formula is C36H56N2O6. The van der Waals surface area contributed by atoms with E-state index >= 15 is 0 Å². The third-order valence-electron chi connectivity index (χ3n) is 6.57. The zero-order chi connectivity index (χ0) is 33.3. The number of nitrogens with two attached hydrogens (primary N) is 1. The number of hydrogen-bond donors (Lipinski definition) is 3. The summed E-state index contributed by atoms with van der Waals surface area (Å²) in [7, 11) is 0. The molecule has 246 valence electrons. The van der Waals surface area contributed by atoms with E-state index < -0.39 is 18.3 Å². The van der Waals surface area contributed by atoms with Crippen molar-refractivity contribution < 1.29 is 29.0 Å². The summed E-state index contributed by atoms with van der Waals surface area (Å²) >= 11 is 0. The van der Waals surface area contributed by atoms with E-state index in [1.807, 2.05) is 78.0 Å². The van der Waals surface area contributed by atoms with Crippen LogP contribution in [-0.2, 0) is 19.1 Å². The summed E-state index contributed by atoms with van der Waals surface area (Å²) < 4.78 is 11.1. The van der Waals surface area contributed by atoms with Gasteiger partial charge in [0, 0.05) is 30.7 Å². The number of cyclic esters (lactones) is 1. The predicted molar refractivity (Wildman–Crippen MR) is 179 cm³/mol. The first-order chi connectivity index (χ1) is 21.0. The predicted octanol–water partition coefficient (Wildman–Crippen LogP) is 7.68. The minimum absolute atomic E-state index is 0.0364. The van der Waals surface area contributed by atoms with Gasteiger partial charge in [-0.1, -0.05) is 80.0 Å². The summed E-state index contributed by atoms with van der Waals surface area (Å²) in [6, 6.07) is 0. The van der Waals surface area contributed by atoms with Crippen LogP contribution in [0.3, 0.4) is 0 Å². The summed E-state index contributed by atoms with van der Waals surface area (Å²) in [6.45, 7) is 13.7. The molecule has 0 aromatic carbocycles. The van der Waals surface area contributed by atoms with Crippen molar-refractivity contribution in [3.8, 4) is 0 Å². The van der Waals surface area contributed by atoms with Crippen molar-refractivity contribution in [1.29, 1.82) is 0 Å². The molecule has 4 atom stereocenters. The standard InChI is InChI=1S/C34H50N2O6.C2H6/c1-6-28(23-27(5)20-21-36-32(38)22-25(2)3)31-24-26(4)16-12-11-14-18-30(42-34(35)40)29(37)17-13-9-7-8-10-15-19-33(39)41-31;1-2/h11-13,15-17,19-23,28-31,37H,6-10,14,18,24H2,1-5H3,(H2,35,40)(H,36,38);1-2H3/b12-11+,17-13+,19-15+,21-20+,26-16+,27-23+;/t28-,29+,30+,31-;/m1./s1. The molecule has 0 spiro atoms. The Morgan fingerprint density at radius 2 is 1.82 bits per heavy atom. The molecule has 0 bridgehead atoms. The molecule has 0 fully saturated rings. The Morgan fingerprint density at radius 1 is 1.14 bits per heavy atom. The molecule has 8 nitrogen and oxygen atoms in total. The van der Waals surface area contributed by atoms with Crippen LogP contribution in [0.4, 0.5) is 4.79 Å². The highest BCUT2D eigenvalue weighted by Crippen LogP contribution is 2.23. The number of hydrogen-bond acceptors (Lipinski definition) is 6. The SMILES string of the molecule is CC.CC[C@H](/C=C(C)/C=C/NC(=O)C=C(C)C)[C@H]1C/C(C)=C/C=C/CC[C@H](OC(N)=O)[C@@H](O)/C=C/CCCC/C=C/C(=O)O1. The largest absolute Gasteiger partial charge is 0.458 e. The molecule has 1 aliphatic heterocycles. The number of primary amides is 1. The summed E-state index contributed by atoms with van der Waals surface area (Å²) in [4.78, 5) is 35.9. The molecule has 0 unspecified atom stereocenters. The Morgan fingerprint density at radius 3 is 2.45 bits per heavy atom. The minimum atomic E-state index is -0.935. The Labute approximate surface area is 265 Å². The van der Waals surface area contributed by atoms with E-state index in [4.69, 9.17) is 15.2 Å². The van der Waals surface area contributed by atoms with Gasteiger partial charge in [-0.2, -0.15) is 0 Å². The number of rotatable bonds is 7. The van der Waals surface area contributed by atoms with Gasteiger partial charge in [-0.05, 0) is 78.7 Å². The van der Waals surface area contributed by atoms with Gasteiger partial charge < -0.3 is 25.6 Å². The highest BCUT2D eigenvalue weighted by Gasteiger charge is 2.22. The summed E-state index contributed by atoms with van der Waals surface area (Å²) in [5.41, 5.74) is 8.11. The number of ether oxygens (including phenoxy) is 2. The number of esters is 1. The Hall–Kier alpha value is -3.65. The normalized spacial score (nSPS) is 25.0. The molecule has 1 aliphatic rings. The second-order valence-corrected chi connectivity index (χ2v) is 10.8. The number of carbonyl (C=O) groups excluding carboxylic acids is 3. The van der Waals surface area contributed by atoms with Crippen LogP contribution < -0.4 is 11.1 Å². The number of aliphatic hydroxyl groups is 1. The molecule has 44 heavy (non-hydrogen) atoms. The summed E-state index contributed by atoms with van der Waals surface area (Å²) in [5, 5.41) is 13.2. The van der Waals surface area contributed by atoms with Crippen molar-refractivity contribution in [3.63, 3.8) is 0 Å². The third kappa shape index (κ3) is 20.3. The molecule has 0 saturated carbocycles. The van der Waals surface area contributed by atoms with Gasteiger partial charge in [-0.25, -0.2) is 9.59 Å². The fourth-order valence-electron chi connectivity index (χ4n) is 4.40. The Bertz CT molecular complexity index is 1080. The van der Waals surface area contributed by atoms with E-state index in [9.17, 15) is 19.5 Å². The molecule has 0 aromatic heterocycles. The first-order valence-electron chi connectivity index (χ1n) is 15.8. The van der Waals surface area contributed by atoms with Crippen molar-refractivity contribution in [2.24, 2.45) is 11.7 Å². The van der Waals surface area contributed by atoms with Gasteiger partial charge in [-0.15, -0.1) is 0 Å². The van der Waals surface area contributed by atoms with Crippen molar-refractivity contribution in [2.45, 2.75) is 118 Å². The topological polar surface area (TPSA) is 128 Å². The molecule has 8 heteroatoms. The summed E-state index contributed by atoms with van der Waals surface area (Å²) in [6.07, 6.45) is 22.3. The Kier molecular flexibility index (Phi) is 22.7. The van der Waals surface area contributed by atoms with Crippen LogP contribution in [0.2, 0.25) is 0 Å². The molecule has 1 rings (SSSR count). The van der Waals surface area contributed by atoms with Crippen LogP contribution in [0.15, 0.2) is 83.7 Å². The molecule has 0 radical (unpaired) electrons. The zero-order valence-electron chi connectivity index (χ0n) is 27.9. The lowest BCUT2D eigenvalue weighted by molar-refractivity contribution is -0.144. The van der Waals surface area contributed by atoms with Gasteiger partial charge in [0.2, 0.25) is 5.91 Å². The molecule has 0 aliphatic carbocycles. The molecule has 0 aromatic rings. The van der Waals surface area contributed by atoms with E-state index in [1.165, 1.54) is 12.2 Å². The lowest BCUT2D eigenvalue weighted by Gasteiger charge is -2.24. The molecule has 0 saturated heterocycles. The van der Waals surface area contributed by atoms with E-state index in [2.05, 4.69) is 18.3 Å². The van der Waals surface area contributed by atoms with Gasteiger partial charge in [0.1, 0.15) is 18.3 Å². The average Bonchev–Trinajstić information content (AvgIpc) is 2.96. The molecular weight excluding hydrogens is 556 g/mol. The third-order valence-corrected chi connectivity index (χ3v) is 6.57. The maximum Gasteiger partial charge on any atom is 0.404 e. The van der Waals surface area contributed by atoms with Crippen LogP contribution in [-0.4, -0.2) is 41.4 Å². The maximum absolute atomic E-state index is 12.7. The van der Waals surface area contributed by atoms with Crippen LogP contribution in [0.5, 0.6) is 0 Å². The van der Waals surface area contributed by atoms with Gasteiger partial charge >= 0.3 is 12.1 Å². The van der Waals surface area contributed by atoms with Crippen molar-refractivity contribution in [2.75, 3.05) is 0 Å². The van der Waals surface area contributed by atoms with Crippen molar-refractivity contribution in [3.05, 3.63) is 83.7 Å². The number of aliphatic hydroxyl groups excluding tert-OH is 1. The Balaban J connectivity index is 0.00000904. The highest BCUT2D eigenvalue weighted by atomic mass is 16.6. The molecule has 4 N–H and O–H groups in total. The van der Waals surface area contributed by atoms with Crippen LogP contribution in [0.25, 0.3) is 0 Å². The van der Waals surface area contributed by atoms with Crippen LogP contribution >= 0.6 is 0 Å². The van der Waals surface area contributed by atoms with E-state index in [-0.39, 0.29) is 23.9 Å². The average molecular weight is 613 g/mol. The van der Waals surface area contributed by atoms with Gasteiger partial charge in [0.25, 0.3) is 0 Å². The second kappa shape index (κ2) is 24.8. The number of amides is 2. The second-order valence-electron chi connectivity index (χ2n) is 10.8. The number of carbonyl (C=O) groups is 3. The zero-order valence-corrected chi connectivity index (χ0v) is 27.9. The van der Waals surface area contributed by atoms with E-state index in [0.717, 1.165) is 48.8 Å². The first kappa shape index (κ1) is 40.4. The quantitative estimate of drug-likeness (QED) is 0.117. The summed E-state index contributed by atoms with van der Waals surface area (Å²) in [5.74, 6) is -0.583. The van der Waals surface area contributed by atoms with Gasteiger partial charge in [-0.3, -0.25) is 4.79 Å². The van der Waals surface area contributed by atoms with E-state index in [0.29, 0.717) is 19.3 Å².